The third-order valence-corrected chi connectivity index (χ3v) is 4.09. The van der Waals surface area contributed by atoms with E-state index in [1.807, 2.05) is 42.5 Å². The number of fused-ring (bicyclic) bond motifs is 1. The molecule has 0 heterocycles. The Labute approximate surface area is 138 Å². The molecule has 1 nitrogen and oxygen atoms in total. The van der Waals surface area contributed by atoms with Crippen LogP contribution in [0.15, 0.2) is 66.7 Å². The second-order valence-electron chi connectivity index (χ2n) is 4.89. The molecule has 3 aromatic rings. The quantitative estimate of drug-likeness (QED) is 0.423. The first kappa shape index (κ1) is 14.8. The first-order valence-corrected chi connectivity index (χ1v) is 7.56. The second-order valence-corrected chi connectivity index (χ2v) is 5.71. The summed E-state index contributed by atoms with van der Waals surface area (Å²) in [5, 5.41) is 3.19. The zero-order valence-corrected chi connectivity index (χ0v) is 13.1. The lowest BCUT2D eigenvalue weighted by molar-refractivity contribution is 0.104. The molecule has 3 rings (SSSR count). The van der Waals surface area contributed by atoms with Crippen molar-refractivity contribution in [1.82, 2.24) is 0 Å². The van der Waals surface area contributed by atoms with Crippen LogP contribution in [0.5, 0.6) is 0 Å². The number of hydrogen-bond donors (Lipinski definition) is 0. The van der Waals surface area contributed by atoms with Gasteiger partial charge in [0.2, 0.25) is 0 Å². The summed E-state index contributed by atoms with van der Waals surface area (Å²) in [6.45, 7) is 0. The van der Waals surface area contributed by atoms with Crippen molar-refractivity contribution in [1.29, 1.82) is 0 Å². The highest BCUT2D eigenvalue weighted by Gasteiger charge is 2.05. The van der Waals surface area contributed by atoms with Gasteiger partial charge in [-0.3, -0.25) is 4.79 Å². The van der Waals surface area contributed by atoms with Crippen molar-refractivity contribution >= 4 is 45.8 Å². The topological polar surface area (TPSA) is 17.1 Å². The maximum absolute atomic E-state index is 12.3. The summed E-state index contributed by atoms with van der Waals surface area (Å²) < 4.78 is 0. The van der Waals surface area contributed by atoms with Crippen molar-refractivity contribution in [3.63, 3.8) is 0 Å². The zero-order chi connectivity index (χ0) is 15.5. The SMILES string of the molecule is O=C(C=Cc1c(Cl)cccc1Cl)c1ccc2ccccc2c1. The minimum absolute atomic E-state index is 0.0817. The zero-order valence-electron chi connectivity index (χ0n) is 11.6. The summed E-state index contributed by atoms with van der Waals surface area (Å²) in [5.74, 6) is -0.0817. The smallest absolute Gasteiger partial charge is 0.185 e. The van der Waals surface area contributed by atoms with Gasteiger partial charge in [0.25, 0.3) is 0 Å². The Balaban J connectivity index is 1.91. The van der Waals surface area contributed by atoms with Crippen LogP contribution >= 0.6 is 23.2 Å². The minimum atomic E-state index is -0.0817. The van der Waals surface area contributed by atoms with Crippen molar-refractivity contribution in [3.05, 3.63) is 87.9 Å². The maximum Gasteiger partial charge on any atom is 0.185 e. The number of allylic oxidation sites excluding steroid dienone is 1. The van der Waals surface area contributed by atoms with Crippen LogP contribution < -0.4 is 0 Å². The van der Waals surface area contributed by atoms with Gasteiger partial charge in [-0.25, -0.2) is 0 Å². The van der Waals surface area contributed by atoms with Gasteiger partial charge in [-0.1, -0.05) is 65.7 Å². The van der Waals surface area contributed by atoms with E-state index in [1.54, 1.807) is 24.3 Å². The Kier molecular flexibility index (Phi) is 4.28. The largest absolute Gasteiger partial charge is 0.289 e. The van der Waals surface area contributed by atoms with Gasteiger partial charge >= 0.3 is 0 Å². The van der Waals surface area contributed by atoms with Crippen molar-refractivity contribution in [3.8, 4) is 0 Å². The van der Waals surface area contributed by atoms with Gasteiger partial charge in [-0.05, 0) is 41.1 Å². The van der Waals surface area contributed by atoms with Crippen LogP contribution in [-0.2, 0) is 0 Å². The number of halogens is 2. The number of benzene rings is 3. The third kappa shape index (κ3) is 3.06. The van der Waals surface area contributed by atoms with E-state index in [4.69, 9.17) is 23.2 Å². The van der Waals surface area contributed by atoms with E-state index in [0.29, 0.717) is 21.2 Å². The van der Waals surface area contributed by atoms with Crippen molar-refractivity contribution in [2.24, 2.45) is 0 Å². The Morgan fingerprint density at radius 3 is 2.23 bits per heavy atom. The highest BCUT2D eigenvalue weighted by molar-refractivity contribution is 6.37. The van der Waals surface area contributed by atoms with E-state index in [2.05, 4.69) is 0 Å². The van der Waals surface area contributed by atoms with E-state index >= 15 is 0 Å². The van der Waals surface area contributed by atoms with Crippen molar-refractivity contribution < 1.29 is 4.79 Å². The van der Waals surface area contributed by atoms with E-state index in [0.717, 1.165) is 10.8 Å². The van der Waals surface area contributed by atoms with Crippen LogP contribution in [0.1, 0.15) is 15.9 Å². The fourth-order valence-electron chi connectivity index (χ4n) is 2.27. The summed E-state index contributed by atoms with van der Waals surface area (Å²) in [6, 6.07) is 18.8. The van der Waals surface area contributed by atoms with Crippen LogP contribution in [0.2, 0.25) is 10.0 Å². The van der Waals surface area contributed by atoms with E-state index in [9.17, 15) is 4.79 Å². The molecule has 108 valence electrons. The average Bonchev–Trinajstić information content (AvgIpc) is 2.53. The number of hydrogen-bond acceptors (Lipinski definition) is 1. The molecule has 0 spiro atoms. The number of ketones is 1. The Bertz CT molecular complexity index is 861. The van der Waals surface area contributed by atoms with Gasteiger partial charge < -0.3 is 0 Å². The van der Waals surface area contributed by atoms with Gasteiger partial charge in [0.1, 0.15) is 0 Å². The lowest BCUT2D eigenvalue weighted by Crippen LogP contribution is -1.94. The van der Waals surface area contributed by atoms with E-state index in [-0.39, 0.29) is 5.78 Å². The summed E-state index contributed by atoms with van der Waals surface area (Å²) in [4.78, 5) is 12.3. The molecule has 3 heteroatoms. The van der Waals surface area contributed by atoms with Gasteiger partial charge in [0.05, 0.1) is 0 Å². The molecule has 0 atom stereocenters. The van der Waals surface area contributed by atoms with Gasteiger partial charge in [-0.15, -0.1) is 0 Å². The second kappa shape index (κ2) is 6.35. The molecule has 0 aromatic heterocycles. The van der Waals surface area contributed by atoms with E-state index in [1.165, 1.54) is 6.08 Å². The maximum atomic E-state index is 12.3. The van der Waals surface area contributed by atoms with Crippen LogP contribution in [0, 0.1) is 0 Å². The average molecular weight is 327 g/mol. The highest BCUT2D eigenvalue weighted by atomic mass is 35.5. The Morgan fingerprint density at radius 1 is 0.818 bits per heavy atom. The van der Waals surface area contributed by atoms with Crippen LogP contribution in [0.4, 0.5) is 0 Å². The molecule has 0 radical (unpaired) electrons. The predicted molar refractivity (Wildman–Crippen MR) is 93.8 cm³/mol. The number of rotatable bonds is 3. The summed E-state index contributed by atoms with van der Waals surface area (Å²) >= 11 is 12.2. The summed E-state index contributed by atoms with van der Waals surface area (Å²) in [7, 11) is 0. The first-order chi connectivity index (χ1) is 10.6. The molecule has 0 unspecified atom stereocenters. The van der Waals surface area contributed by atoms with Crippen LogP contribution in [-0.4, -0.2) is 5.78 Å². The molecule has 0 saturated heterocycles. The molecular weight excluding hydrogens is 315 g/mol. The molecule has 0 bridgehead atoms. The van der Waals surface area contributed by atoms with Gasteiger partial charge in [0, 0.05) is 21.2 Å². The Hall–Kier alpha value is -2.09. The Morgan fingerprint density at radius 2 is 1.50 bits per heavy atom. The lowest BCUT2D eigenvalue weighted by atomic mass is 10.0. The predicted octanol–water partition coefficient (Wildman–Crippen LogP) is 6.04. The van der Waals surface area contributed by atoms with Crippen LogP contribution in [0.25, 0.3) is 16.8 Å². The fraction of sp³-hybridized carbons (Fsp3) is 0. The van der Waals surface area contributed by atoms with Gasteiger partial charge in [-0.2, -0.15) is 0 Å². The third-order valence-electron chi connectivity index (χ3n) is 3.44. The molecule has 3 aromatic carbocycles. The van der Waals surface area contributed by atoms with Crippen molar-refractivity contribution in [2.45, 2.75) is 0 Å². The molecule has 0 aliphatic carbocycles. The molecule has 0 amide bonds. The standard InChI is InChI=1S/C19H12Cl2O/c20-17-6-3-7-18(21)16(17)10-11-19(22)15-9-8-13-4-1-2-5-14(13)12-15/h1-12H. The van der Waals surface area contributed by atoms with Gasteiger partial charge in [0.15, 0.2) is 5.78 Å². The lowest BCUT2D eigenvalue weighted by Gasteiger charge is -2.02. The molecule has 22 heavy (non-hydrogen) atoms. The first-order valence-electron chi connectivity index (χ1n) is 6.80. The van der Waals surface area contributed by atoms with Crippen LogP contribution in [0.3, 0.4) is 0 Å². The molecular formula is C19H12Cl2O. The number of carbonyl (C=O) groups is 1. The normalized spacial score (nSPS) is 11.2. The van der Waals surface area contributed by atoms with E-state index < -0.39 is 0 Å². The molecule has 0 aliphatic rings. The molecule has 0 aliphatic heterocycles. The summed E-state index contributed by atoms with van der Waals surface area (Å²) in [6.07, 6.45) is 3.15. The molecule has 0 saturated carbocycles. The fourth-order valence-corrected chi connectivity index (χ4v) is 2.79. The monoisotopic (exact) mass is 326 g/mol. The highest BCUT2D eigenvalue weighted by Crippen LogP contribution is 2.25. The van der Waals surface area contributed by atoms with Crippen molar-refractivity contribution in [2.75, 3.05) is 0 Å². The summed E-state index contributed by atoms with van der Waals surface area (Å²) in [5.41, 5.74) is 1.29. The molecule has 0 fully saturated rings. The molecule has 0 N–H and O–H groups in total. The minimum Gasteiger partial charge on any atom is -0.289 e. The number of carbonyl (C=O) groups excluding carboxylic acids is 1.